The average molecular weight is 272 g/mol. The zero-order valence-electron chi connectivity index (χ0n) is 12.8. The Hall–Kier alpha value is -0.860. The predicted octanol–water partition coefficient (Wildman–Crippen LogP) is 3.70. The third-order valence-electron chi connectivity index (χ3n) is 4.97. The van der Waals surface area contributed by atoms with Crippen LogP contribution >= 0.6 is 0 Å². The van der Waals surface area contributed by atoms with Crippen LogP contribution in [0.1, 0.15) is 56.6 Å². The maximum absolute atomic E-state index is 3.82. The summed E-state index contributed by atoms with van der Waals surface area (Å²) < 4.78 is 0. The minimum absolute atomic E-state index is 0.701. The third kappa shape index (κ3) is 3.07. The lowest BCUT2D eigenvalue weighted by Crippen LogP contribution is -2.47. The molecule has 2 unspecified atom stereocenters. The second kappa shape index (κ2) is 6.73. The highest BCUT2D eigenvalue weighted by molar-refractivity contribution is 5.30. The van der Waals surface area contributed by atoms with E-state index in [4.69, 9.17) is 0 Å². The van der Waals surface area contributed by atoms with Gasteiger partial charge in [-0.2, -0.15) is 0 Å². The molecule has 0 bridgehead atoms. The number of hydrogen-bond donors (Lipinski definition) is 1. The summed E-state index contributed by atoms with van der Waals surface area (Å²) in [4.78, 5) is 2.73. The Morgan fingerprint density at radius 2 is 1.75 bits per heavy atom. The first-order valence-corrected chi connectivity index (χ1v) is 8.42. The molecule has 1 saturated carbocycles. The van der Waals surface area contributed by atoms with Gasteiger partial charge in [-0.15, -0.1) is 0 Å². The third-order valence-corrected chi connectivity index (χ3v) is 4.97. The molecule has 0 aromatic heterocycles. The molecule has 0 saturated heterocycles. The van der Waals surface area contributed by atoms with E-state index in [1.807, 2.05) is 0 Å². The number of fused-ring (bicyclic) bond motifs is 1. The Morgan fingerprint density at radius 3 is 2.45 bits per heavy atom. The largest absolute Gasteiger partial charge is 0.312 e. The van der Waals surface area contributed by atoms with Crippen LogP contribution in [0.5, 0.6) is 0 Å². The van der Waals surface area contributed by atoms with E-state index in [9.17, 15) is 0 Å². The smallest absolute Gasteiger partial charge is 0.0256 e. The summed E-state index contributed by atoms with van der Waals surface area (Å²) in [6, 6.07) is 10.4. The fraction of sp³-hybridized carbons (Fsp3) is 0.667. The number of benzene rings is 1. The molecule has 1 aromatic rings. The molecule has 3 rings (SSSR count). The topological polar surface area (TPSA) is 15.3 Å². The highest BCUT2D eigenvalue weighted by atomic mass is 15.2. The molecule has 2 nitrogen and oxygen atoms in total. The monoisotopic (exact) mass is 272 g/mol. The van der Waals surface area contributed by atoms with Gasteiger partial charge in [-0.1, -0.05) is 50.5 Å². The van der Waals surface area contributed by atoms with Crippen molar-refractivity contribution in [1.82, 2.24) is 10.2 Å². The van der Waals surface area contributed by atoms with Gasteiger partial charge in [0.15, 0.2) is 0 Å². The van der Waals surface area contributed by atoms with Crippen LogP contribution in [0.3, 0.4) is 0 Å². The van der Waals surface area contributed by atoms with Gasteiger partial charge in [0.05, 0.1) is 0 Å². The first-order valence-electron chi connectivity index (χ1n) is 8.42. The van der Waals surface area contributed by atoms with Crippen LogP contribution in [-0.2, 0) is 13.1 Å². The molecular formula is C18H28N2. The van der Waals surface area contributed by atoms with E-state index in [0.29, 0.717) is 6.04 Å². The molecule has 1 aliphatic heterocycles. The summed E-state index contributed by atoms with van der Waals surface area (Å²) in [6.07, 6.45) is 8.19. The average Bonchev–Trinajstić information content (AvgIpc) is 2.76. The molecule has 0 amide bonds. The summed E-state index contributed by atoms with van der Waals surface area (Å²) in [7, 11) is 0. The van der Waals surface area contributed by atoms with E-state index in [1.165, 1.54) is 45.1 Å². The minimum atomic E-state index is 0.701. The molecule has 20 heavy (non-hydrogen) atoms. The lowest BCUT2D eigenvalue weighted by molar-refractivity contribution is 0.148. The first-order chi connectivity index (χ1) is 9.88. The van der Waals surface area contributed by atoms with Crippen molar-refractivity contribution in [2.45, 2.75) is 70.6 Å². The lowest BCUT2D eigenvalue weighted by Gasteiger charge is -2.34. The fourth-order valence-corrected chi connectivity index (χ4v) is 3.89. The van der Waals surface area contributed by atoms with E-state index in [-0.39, 0.29) is 0 Å². The molecule has 1 heterocycles. The van der Waals surface area contributed by atoms with E-state index in [0.717, 1.165) is 19.1 Å². The van der Waals surface area contributed by atoms with Crippen LogP contribution < -0.4 is 5.32 Å². The summed E-state index contributed by atoms with van der Waals surface area (Å²) >= 11 is 0. The molecule has 2 aliphatic rings. The zero-order valence-corrected chi connectivity index (χ0v) is 12.8. The van der Waals surface area contributed by atoms with Gasteiger partial charge in [0.1, 0.15) is 0 Å². The van der Waals surface area contributed by atoms with Crippen molar-refractivity contribution >= 4 is 0 Å². The van der Waals surface area contributed by atoms with Crippen LogP contribution in [0.15, 0.2) is 24.3 Å². The van der Waals surface area contributed by atoms with Gasteiger partial charge in [0.25, 0.3) is 0 Å². The van der Waals surface area contributed by atoms with Crippen molar-refractivity contribution in [3.63, 3.8) is 0 Å². The van der Waals surface area contributed by atoms with E-state index >= 15 is 0 Å². The molecule has 0 spiro atoms. The highest BCUT2D eigenvalue weighted by Crippen LogP contribution is 2.30. The molecule has 2 heteroatoms. The summed E-state index contributed by atoms with van der Waals surface area (Å²) in [6.45, 7) is 5.75. The van der Waals surface area contributed by atoms with E-state index in [2.05, 4.69) is 41.4 Å². The molecule has 2 atom stereocenters. The molecule has 1 N–H and O–H groups in total. The van der Waals surface area contributed by atoms with Crippen LogP contribution in [-0.4, -0.2) is 23.5 Å². The number of hydrogen-bond acceptors (Lipinski definition) is 2. The van der Waals surface area contributed by atoms with Gasteiger partial charge in [-0.25, -0.2) is 0 Å². The van der Waals surface area contributed by atoms with Crippen molar-refractivity contribution in [3.05, 3.63) is 35.4 Å². The van der Waals surface area contributed by atoms with E-state index in [1.54, 1.807) is 11.1 Å². The van der Waals surface area contributed by atoms with Crippen molar-refractivity contribution in [3.8, 4) is 0 Å². The Labute approximate surface area is 123 Å². The second-order valence-electron chi connectivity index (χ2n) is 6.44. The highest BCUT2D eigenvalue weighted by Gasteiger charge is 2.31. The van der Waals surface area contributed by atoms with Gasteiger partial charge in [-0.3, -0.25) is 4.90 Å². The second-order valence-corrected chi connectivity index (χ2v) is 6.44. The van der Waals surface area contributed by atoms with Crippen molar-refractivity contribution in [2.24, 2.45) is 0 Å². The summed E-state index contributed by atoms with van der Waals surface area (Å²) in [5.41, 5.74) is 3.09. The zero-order chi connectivity index (χ0) is 13.8. The summed E-state index contributed by atoms with van der Waals surface area (Å²) in [5.74, 6) is 0. The van der Waals surface area contributed by atoms with Crippen molar-refractivity contribution in [1.29, 1.82) is 0 Å². The molecule has 0 radical (unpaired) electrons. The van der Waals surface area contributed by atoms with Gasteiger partial charge >= 0.3 is 0 Å². The maximum Gasteiger partial charge on any atom is 0.0256 e. The summed E-state index contributed by atoms with van der Waals surface area (Å²) in [5, 5.41) is 3.82. The van der Waals surface area contributed by atoms with Crippen LogP contribution in [0, 0.1) is 0 Å². The maximum atomic E-state index is 3.82. The van der Waals surface area contributed by atoms with Crippen LogP contribution in [0.4, 0.5) is 0 Å². The predicted molar refractivity (Wildman–Crippen MR) is 84.6 cm³/mol. The molecule has 1 fully saturated rings. The van der Waals surface area contributed by atoms with Gasteiger partial charge in [0.2, 0.25) is 0 Å². The molecule has 1 aliphatic carbocycles. The minimum Gasteiger partial charge on any atom is -0.312 e. The number of rotatable bonds is 4. The molecule has 1 aromatic carbocycles. The van der Waals surface area contributed by atoms with Crippen LogP contribution in [0.25, 0.3) is 0 Å². The van der Waals surface area contributed by atoms with Gasteiger partial charge in [-0.05, 0) is 36.9 Å². The van der Waals surface area contributed by atoms with E-state index < -0.39 is 0 Å². The van der Waals surface area contributed by atoms with Crippen molar-refractivity contribution < 1.29 is 0 Å². The quantitative estimate of drug-likeness (QED) is 0.841. The Morgan fingerprint density at radius 1 is 1.05 bits per heavy atom. The molecule has 110 valence electrons. The first kappa shape index (κ1) is 14.1. The number of nitrogens with zero attached hydrogens (tertiary/aromatic N) is 1. The Kier molecular flexibility index (Phi) is 4.74. The lowest BCUT2D eigenvalue weighted by atomic mass is 10.0. The normalized spacial score (nSPS) is 27.2. The number of nitrogens with one attached hydrogen (secondary N) is 1. The molecular weight excluding hydrogens is 244 g/mol. The van der Waals surface area contributed by atoms with Crippen molar-refractivity contribution in [2.75, 3.05) is 6.54 Å². The van der Waals surface area contributed by atoms with Gasteiger partial charge in [0, 0.05) is 25.2 Å². The van der Waals surface area contributed by atoms with Crippen LogP contribution in [0.2, 0.25) is 0 Å². The van der Waals surface area contributed by atoms with Gasteiger partial charge < -0.3 is 5.32 Å². The fourth-order valence-electron chi connectivity index (χ4n) is 3.89. The standard InChI is InChI=1S/C18H28N2/c1-2-12-19-17-10-4-3-5-11-18(17)20-13-15-8-6-7-9-16(15)14-20/h6-9,17-19H,2-5,10-14H2,1H3. The Bertz CT molecular complexity index is 404. The Balaban J connectivity index is 1.70. The SMILES string of the molecule is CCCNC1CCCCCC1N1Cc2ccccc2C1.